The van der Waals surface area contributed by atoms with Gasteiger partial charge in [0.1, 0.15) is 5.82 Å². The van der Waals surface area contributed by atoms with Crippen LogP contribution in [0, 0.1) is 11.8 Å². The van der Waals surface area contributed by atoms with Crippen molar-refractivity contribution in [2.45, 2.75) is 13.3 Å². The van der Waals surface area contributed by atoms with Gasteiger partial charge in [0, 0.05) is 5.92 Å². The summed E-state index contributed by atoms with van der Waals surface area (Å²) < 4.78 is 0. The Morgan fingerprint density at radius 2 is 2.58 bits per heavy atom. The van der Waals surface area contributed by atoms with Crippen molar-refractivity contribution in [1.82, 2.24) is 9.97 Å². The standard InChI is InChI=1S/C8H11N3O/c1-5-2-6(5)8(12)11-7-3-9-4-10-7/h3-6H,2H2,1H3,(H,9,10)(H,11,12). The zero-order valence-corrected chi connectivity index (χ0v) is 6.87. The molecular formula is C8H11N3O. The Morgan fingerprint density at radius 1 is 1.83 bits per heavy atom. The summed E-state index contributed by atoms with van der Waals surface area (Å²) in [5.41, 5.74) is 0. The molecule has 0 radical (unpaired) electrons. The second-order valence-electron chi connectivity index (χ2n) is 3.27. The number of hydrogen-bond acceptors (Lipinski definition) is 2. The lowest BCUT2D eigenvalue weighted by atomic mass is 10.3. The molecule has 12 heavy (non-hydrogen) atoms. The summed E-state index contributed by atoms with van der Waals surface area (Å²) in [6.07, 6.45) is 4.16. The van der Waals surface area contributed by atoms with E-state index in [1.807, 2.05) is 0 Å². The van der Waals surface area contributed by atoms with Gasteiger partial charge in [0.05, 0.1) is 12.5 Å². The highest BCUT2D eigenvalue weighted by atomic mass is 16.2. The Morgan fingerprint density at radius 3 is 3.08 bits per heavy atom. The van der Waals surface area contributed by atoms with E-state index in [-0.39, 0.29) is 11.8 Å². The van der Waals surface area contributed by atoms with Gasteiger partial charge in [-0.3, -0.25) is 4.79 Å². The number of imidazole rings is 1. The second-order valence-corrected chi connectivity index (χ2v) is 3.27. The van der Waals surface area contributed by atoms with Crippen LogP contribution in [0.2, 0.25) is 0 Å². The average molecular weight is 165 g/mol. The van der Waals surface area contributed by atoms with Crippen LogP contribution in [0.4, 0.5) is 5.82 Å². The van der Waals surface area contributed by atoms with Gasteiger partial charge in [0.2, 0.25) is 5.91 Å². The zero-order chi connectivity index (χ0) is 8.55. The van der Waals surface area contributed by atoms with Crippen LogP contribution < -0.4 is 5.32 Å². The van der Waals surface area contributed by atoms with Crippen molar-refractivity contribution in [3.63, 3.8) is 0 Å². The first-order valence-electron chi connectivity index (χ1n) is 4.06. The Hall–Kier alpha value is -1.32. The molecule has 0 saturated heterocycles. The summed E-state index contributed by atoms with van der Waals surface area (Å²) in [6, 6.07) is 0. The Kier molecular flexibility index (Phi) is 1.60. The van der Waals surface area contributed by atoms with E-state index >= 15 is 0 Å². The topological polar surface area (TPSA) is 57.8 Å². The number of nitrogens with zero attached hydrogens (tertiary/aromatic N) is 1. The molecule has 4 nitrogen and oxygen atoms in total. The molecule has 1 amide bonds. The molecule has 1 heterocycles. The quantitative estimate of drug-likeness (QED) is 0.687. The molecule has 0 bridgehead atoms. The number of anilines is 1. The molecule has 2 rings (SSSR count). The van der Waals surface area contributed by atoms with Gasteiger partial charge < -0.3 is 10.3 Å². The van der Waals surface area contributed by atoms with Gasteiger partial charge in [-0.25, -0.2) is 4.98 Å². The fourth-order valence-electron chi connectivity index (χ4n) is 1.24. The van der Waals surface area contributed by atoms with Crippen molar-refractivity contribution in [3.05, 3.63) is 12.5 Å². The van der Waals surface area contributed by atoms with E-state index in [2.05, 4.69) is 22.2 Å². The third kappa shape index (κ3) is 1.32. The smallest absolute Gasteiger partial charge is 0.228 e. The molecule has 2 atom stereocenters. The highest BCUT2D eigenvalue weighted by molar-refractivity contribution is 5.93. The van der Waals surface area contributed by atoms with Crippen LogP contribution in [0.15, 0.2) is 12.5 Å². The molecule has 1 fully saturated rings. The maximum Gasteiger partial charge on any atom is 0.228 e. The summed E-state index contributed by atoms with van der Waals surface area (Å²) in [7, 11) is 0. The molecule has 1 saturated carbocycles. The van der Waals surface area contributed by atoms with Gasteiger partial charge in [-0.15, -0.1) is 0 Å². The maximum absolute atomic E-state index is 11.3. The van der Waals surface area contributed by atoms with E-state index < -0.39 is 0 Å². The predicted octanol–water partition coefficient (Wildman–Crippen LogP) is 1.00. The molecule has 4 heteroatoms. The van der Waals surface area contributed by atoms with Gasteiger partial charge in [0.15, 0.2) is 0 Å². The van der Waals surface area contributed by atoms with E-state index in [0.717, 1.165) is 6.42 Å². The summed E-state index contributed by atoms with van der Waals surface area (Å²) in [5.74, 6) is 1.55. The zero-order valence-electron chi connectivity index (χ0n) is 6.87. The van der Waals surface area contributed by atoms with Gasteiger partial charge in [-0.05, 0) is 12.3 Å². The molecule has 0 spiro atoms. The first kappa shape index (κ1) is 7.34. The van der Waals surface area contributed by atoms with E-state index in [1.165, 1.54) is 0 Å². The second kappa shape index (κ2) is 2.62. The number of rotatable bonds is 2. The highest BCUT2D eigenvalue weighted by Crippen LogP contribution is 2.38. The number of carbonyl (C=O) groups excluding carboxylic acids is 1. The maximum atomic E-state index is 11.3. The molecule has 1 aliphatic carbocycles. The summed E-state index contributed by atoms with van der Waals surface area (Å²) in [6.45, 7) is 2.08. The van der Waals surface area contributed by atoms with E-state index in [1.54, 1.807) is 12.5 Å². The number of aromatic nitrogens is 2. The summed E-state index contributed by atoms with van der Waals surface area (Å²) in [4.78, 5) is 18.0. The minimum atomic E-state index is 0.103. The minimum Gasteiger partial charge on any atom is -0.331 e. The summed E-state index contributed by atoms with van der Waals surface area (Å²) >= 11 is 0. The number of H-pyrrole nitrogens is 1. The largest absolute Gasteiger partial charge is 0.331 e. The van der Waals surface area contributed by atoms with Crippen molar-refractivity contribution in [3.8, 4) is 0 Å². The van der Waals surface area contributed by atoms with Crippen LogP contribution in [0.5, 0.6) is 0 Å². The normalized spacial score (nSPS) is 26.8. The molecule has 1 aliphatic rings. The van der Waals surface area contributed by atoms with Crippen molar-refractivity contribution in [2.24, 2.45) is 11.8 Å². The molecule has 2 N–H and O–H groups in total. The number of carbonyl (C=O) groups is 1. The number of amides is 1. The van der Waals surface area contributed by atoms with Crippen LogP contribution in [0.1, 0.15) is 13.3 Å². The molecule has 0 aromatic carbocycles. The van der Waals surface area contributed by atoms with Gasteiger partial charge in [-0.2, -0.15) is 0 Å². The molecular weight excluding hydrogens is 154 g/mol. The van der Waals surface area contributed by atoms with Gasteiger partial charge >= 0.3 is 0 Å². The van der Waals surface area contributed by atoms with Crippen LogP contribution in [-0.2, 0) is 4.79 Å². The molecule has 1 aromatic rings. The highest BCUT2D eigenvalue weighted by Gasteiger charge is 2.39. The predicted molar refractivity (Wildman–Crippen MR) is 44.5 cm³/mol. The Labute approximate surface area is 70.4 Å². The minimum absolute atomic E-state index is 0.103. The van der Waals surface area contributed by atoms with Crippen LogP contribution in [-0.4, -0.2) is 15.9 Å². The Balaban J connectivity index is 1.92. The first-order chi connectivity index (χ1) is 5.77. The van der Waals surface area contributed by atoms with E-state index in [9.17, 15) is 4.79 Å². The third-order valence-corrected chi connectivity index (χ3v) is 2.20. The van der Waals surface area contributed by atoms with Crippen molar-refractivity contribution < 1.29 is 4.79 Å². The van der Waals surface area contributed by atoms with Crippen LogP contribution in [0.3, 0.4) is 0 Å². The van der Waals surface area contributed by atoms with Gasteiger partial charge in [0.25, 0.3) is 0 Å². The monoisotopic (exact) mass is 165 g/mol. The summed E-state index contributed by atoms with van der Waals surface area (Å²) in [5, 5.41) is 2.76. The van der Waals surface area contributed by atoms with Crippen LogP contribution >= 0.6 is 0 Å². The van der Waals surface area contributed by atoms with Crippen molar-refractivity contribution >= 4 is 11.7 Å². The fraction of sp³-hybridized carbons (Fsp3) is 0.500. The lowest BCUT2D eigenvalue weighted by Gasteiger charge is -1.98. The number of aromatic amines is 1. The third-order valence-electron chi connectivity index (χ3n) is 2.20. The van der Waals surface area contributed by atoms with E-state index in [4.69, 9.17) is 0 Å². The lowest BCUT2D eigenvalue weighted by molar-refractivity contribution is -0.117. The lowest BCUT2D eigenvalue weighted by Crippen LogP contribution is -2.14. The molecule has 2 unspecified atom stereocenters. The van der Waals surface area contributed by atoms with Crippen LogP contribution in [0.25, 0.3) is 0 Å². The Bertz CT molecular complexity index is 281. The van der Waals surface area contributed by atoms with Crippen molar-refractivity contribution in [1.29, 1.82) is 0 Å². The number of nitrogens with one attached hydrogen (secondary N) is 2. The van der Waals surface area contributed by atoms with Gasteiger partial charge in [-0.1, -0.05) is 6.92 Å². The molecule has 64 valence electrons. The fourth-order valence-corrected chi connectivity index (χ4v) is 1.24. The SMILES string of the molecule is CC1CC1C(=O)Nc1cnc[nH]1. The molecule has 0 aliphatic heterocycles. The van der Waals surface area contributed by atoms with E-state index in [0.29, 0.717) is 11.7 Å². The first-order valence-corrected chi connectivity index (χ1v) is 4.06. The number of hydrogen-bond donors (Lipinski definition) is 2. The van der Waals surface area contributed by atoms with Crippen molar-refractivity contribution in [2.75, 3.05) is 5.32 Å². The molecule has 1 aromatic heterocycles. The average Bonchev–Trinajstić information content (AvgIpc) is 2.58.